The highest BCUT2D eigenvalue weighted by Crippen LogP contribution is 2.46. The monoisotopic (exact) mass is 264 g/mol. The number of carbonyl (C=O) groups excluding carboxylic acids is 1. The molecule has 1 aromatic carbocycles. The fourth-order valence-electron chi connectivity index (χ4n) is 1.94. The molecule has 3 nitrogen and oxygen atoms in total. The Bertz CT molecular complexity index is 412. The van der Waals surface area contributed by atoms with Gasteiger partial charge in [0, 0.05) is 30.4 Å². The number of nitrogens with one attached hydrogen (secondary N) is 2. The van der Waals surface area contributed by atoms with E-state index in [1.165, 1.54) is 25.3 Å². The van der Waals surface area contributed by atoms with Gasteiger partial charge in [-0.1, -0.05) is 12.1 Å². The minimum absolute atomic E-state index is 0.0310. The molecule has 0 atom stereocenters. The zero-order chi connectivity index (χ0) is 13.0. The van der Waals surface area contributed by atoms with Crippen molar-refractivity contribution in [2.45, 2.75) is 31.1 Å². The molecule has 1 aromatic rings. The number of anilines is 1. The molecule has 0 radical (unpaired) electrons. The summed E-state index contributed by atoms with van der Waals surface area (Å²) < 4.78 is 0.510. The first-order valence-corrected chi connectivity index (χ1v) is 7.48. The van der Waals surface area contributed by atoms with Crippen LogP contribution in [-0.2, 0) is 11.3 Å². The second kappa shape index (κ2) is 5.76. The maximum absolute atomic E-state index is 10.9. The lowest BCUT2D eigenvalue weighted by atomic mass is 10.2. The lowest BCUT2D eigenvalue weighted by Crippen LogP contribution is -2.25. The normalized spacial score (nSPS) is 16.3. The summed E-state index contributed by atoms with van der Waals surface area (Å²) in [7, 11) is 0. The Kier molecular flexibility index (Phi) is 4.30. The van der Waals surface area contributed by atoms with Gasteiger partial charge in [-0.05, 0) is 36.8 Å². The van der Waals surface area contributed by atoms with Crippen molar-refractivity contribution in [3.05, 3.63) is 29.8 Å². The van der Waals surface area contributed by atoms with E-state index in [-0.39, 0.29) is 5.91 Å². The van der Waals surface area contributed by atoms with Crippen molar-refractivity contribution in [2.24, 2.45) is 0 Å². The molecule has 0 unspecified atom stereocenters. The molecule has 2 rings (SSSR count). The number of hydrogen-bond donors (Lipinski definition) is 2. The molecule has 0 spiro atoms. The highest BCUT2D eigenvalue weighted by molar-refractivity contribution is 8.00. The summed E-state index contributed by atoms with van der Waals surface area (Å²) in [6, 6.07) is 7.99. The first-order valence-electron chi connectivity index (χ1n) is 6.26. The summed E-state index contributed by atoms with van der Waals surface area (Å²) in [6.45, 7) is 3.50. The molecule has 0 saturated heterocycles. The van der Waals surface area contributed by atoms with Gasteiger partial charge in [0.2, 0.25) is 5.91 Å². The third kappa shape index (κ3) is 3.75. The van der Waals surface area contributed by atoms with Crippen LogP contribution in [0.25, 0.3) is 0 Å². The molecular weight excluding hydrogens is 244 g/mol. The van der Waals surface area contributed by atoms with Crippen molar-refractivity contribution in [1.82, 2.24) is 5.32 Å². The van der Waals surface area contributed by atoms with Crippen LogP contribution in [-0.4, -0.2) is 23.5 Å². The minimum Gasteiger partial charge on any atom is -0.326 e. The molecule has 98 valence electrons. The van der Waals surface area contributed by atoms with Gasteiger partial charge < -0.3 is 10.6 Å². The predicted octanol–water partition coefficient (Wildman–Crippen LogP) is 2.63. The van der Waals surface area contributed by atoms with Crippen LogP contribution >= 0.6 is 11.8 Å². The van der Waals surface area contributed by atoms with E-state index in [1.54, 1.807) is 0 Å². The lowest BCUT2D eigenvalue weighted by Gasteiger charge is -2.13. The van der Waals surface area contributed by atoms with Gasteiger partial charge in [0.25, 0.3) is 0 Å². The molecule has 1 fully saturated rings. The third-order valence-electron chi connectivity index (χ3n) is 3.29. The molecular formula is C14H20N2OS. The van der Waals surface area contributed by atoms with E-state index in [2.05, 4.69) is 29.0 Å². The maximum Gasteiger partial charge on any atom is 0.221 e. The molecule has 1 amide bonds. The van der Waals surface area contributed by atoms with Crippen molar-refractivity contribution in [1.29, 1.82) is 0 Å². The van der Waals surface area contributed by atoms with E-state index in [9.17, 15) is 4.79 Å². The summed E-state index contributed by atoms with van der Waals surface area (Å²) in [4.78, 5) is 10.9. The van der Waals surface area contributed by atoms with Crippen molar-refractivity contribution < 1.29 is 4.79 Å². The molecule has 18 heavy (non-hydrogen) atoms. The van der Waals surface area contributed by atoms with Crippen LogP contribution in [0, 0.1) is 0 Å². The van der Waals surface area contributed by atoms with Crippen LogP contribution in [0.4, 0.5) is 5.69 Å². The molecule has 0 aromatic heterocycles. The van der Waals surface area contributed by atoms with Crippen LogP contribution in [0.15, 0.2) is 24.3 Å². The molecule has 1 aliphatic carbocycles. The average Bonchev–Trinajstić information content (AvgIpc) is 3.11. The van der Waals surface area contributed by atoms with E-state index in [0.717, 1.165) is 18.8 Å². The Morgan fingerprint density at radius 1 is 1.33 bits per heavy atom. The van der Waals surface area contributed by atoms with Gasteiger partial charge in [-0.3, -0.25) is 4.79 Å². The summed E-state index contributed by atoms with van der Waals surface area (Å²) in [5.74, 6) is -0.0310. The number of hydrogen-bond acceptors (Lipinski definition) is 3. The minimum atomic E-state index is -0.0310. The quantitative estimate of drug-likeness (QED) is 0.830. The van der Waals surface area contributed by atoms with Crippen LogP contribution in [0.1, 0.15) is 25.3 Å². The largest absolute Gasteiger partial charge is 0.326 e. The van der Waals surface area contributed by atoms with Crippen LogP contribution < -0.4 is 10.6 Å². The van der Waals surface area contributed by atoms with Gasteiger partial charge in [0.1, 0.15) is 0 Å². The van der Waals surface area contributed by atoms with E-state index in [1.807, 2.05) is 23.9 Å². The summed E-state index contributed by atoms with van der Waals surface area (Å²) in [5.41, 5.74) is 2.11. The van der Waals surface area contributed by atoms with Crippen molar-refractivity contribution in [3.63, 3.8) is 0 Å². The molecule has 1 aliphatic rings. The number of thioether (sulfide) groups is 1. The Balaban J connectivity index is 1.77. The number of rotatable bonds is 6. The van der Waals surface area contributed by atoms with Gasteiger partial charge in [0.05, 0.1) is 0 Å². The third-order valence-corrected chi connectivity index (χ3v) is 4.71. The first kappa shape index (κ1) is 13.4. The highest BCUT2D eigenvalue weighted by Gasteiger charge is 2.41. The molecule has 0 heterocycles. The smallest absolute Gasteiger partial charge is 0.221 e. The zero-order valence-electron chi connectivity index (χ0n) is 11.0. The number of benzene rings is 1. The molecule has 0 bridgehead atoms. The van der Waals surface area contributed by atoms with Crippen molar-refractivity contribution >= 4 is 23.4 Å². The maximum atomic E-state index is 10.9. The van der Waals surface area contributed by atoms with Crippen LogP contribution in [0.5, 0.6) is 0 Å². The molecule has 1 saturated carbocycles. The van der Waals surface area contributed by atoms with Gasteiger partial charge >= 0.3 is 0 Å². The molecule has 4 heteroatoms. The van der Waals surface area contributed by atoms with Gasteiger partial charge in [-0.2, -0.15) is 11.8 Å². The summed E-state index contributed by atoms with van der Waals surface area (Å²) in [6.07, 6.45) is 4.86. The topological polar surface area (TPSA) is 41.1 Å². The standard InChI is InChI=1S/C14H20N2OS/c1-11(17)16-13-5-3-12(4-6-13)9-15-10-14(18-2)7-8-14/h3-6,15H,7-10H2,1-2H3,(H,16,17). The van der Waals surface area contributed by atoms with Gasteiger partial charge in [-0.15, -0.1) is 0 Å². The highest BCUT2D eigenvalue weighted by atomic mass is 32.2. The first-order chi connectivity index (χ1) is 8.63. The lowest BCUT2D eigenvalue weighted by molar-refractivity contribution is -0.114. The van der Waals surface area contributed by atoms with Crippen LogP contribution in [0.3, 0.4) is 0 Å². The molecule has 2 N–H and O–H groups in total. The summed E-state index contributed by atoms with van der Waals surface area (Å²) in [5, 5.41) is 6.28. The molecule has 0 aliphatic heterocycles. The van der Waals surface area contributed by atoms with E-state index >= 15 is 0 Å². The Labute approximate surface area is 113 Å². The van der Waals surface area contributed by atoms with E-state index in [0.29, 0.717) is 4.75 Å². The van der Waals surface area contributed by atoms with E-state index < -0.39 is 0 Å². The second-order valence-corrected chi connectivity index (χ2v) is 6.14. The van der Waals surface area contributed by atoms with Crippen LogP contribution in [0.2, 0.25) is 0 Å². The fraction of sp³-hybridized carbons (Fsp3) is 0.500. The Morgan fingerprint density at radius 2 is 2.00 bits per heavy atom. The Morgan fingerprint density at radius 3 is 2.50 bits per heavy atom. The average molecular weight is 264 g/mol. The Hall–Kier alpha value is -1.00. The second-order valence-electron chi connectivity index (χ2n) is 4.87. The van der Waals surface area contributed by atoms with Gasteiger partial charge in [-0.25, -0.2) is 0 Å². The van der Waals surface area contributed by atoms with Crippen molar-refractivity contribution in [3.8, 4) is 0 Å². The zero-order valence-corrected chi connectivity index (χ0v) is 11.8. The number of carbonyl (C=O) groups is 1. The van der Waals surface area contributed by atoms with Gasteiger partial charge in [0.15, 0.2) is 0 Å². The summed E-state index contributed by atoms with van der Waals surface area (Å²) >= 11 is 1.97. The number of amides is 1. The fourth-order valence-corrected chi connectivity index (χ4v) is 2.69. The predicted molar refractivity (Wildman–Crippen MR) is 77.9 cm³/mol. The van der Waals surface area contributed by atoms with E-state index in [4.69, 9.17) is 0 Å². The SMILES string of the molecule is CSC1(CNCc2ccc(NC(C)=O)cc2)CC1. The van der Waals surface area contributed by atoms with Crippen molar-refractivity contribution in [2.75, 3.05) is 18.1 Å².